The van der Waals surface area contributed by atoms with Gasteiger partial charge in [0, 0.05) is 18.3 Å². The molecule has 1 aromatic carbocycles. The predicted molar refractivity (Wildman–Crippen MR) is 69.1 cm³/mol. The van der Waals surface area contributed by atoms with Crippen LogP contribution in [0.1, 0.15) is 19.3 Å². The predicted octanol–water partition coefficient (Wildman–Crippen LogP) is 2.09. The topological polar surface area (TPSA) is 53.2 Å². The molecular weight excluding hydrogens is 233 g/mol. The van der Waals surface area contributed by atoms with Crippen LogP contribution in [0.15, 0.2) is 24.3 Å². The lowest BCUT2D eigenvalue weighted by atomic mass is 10.3. The highest BCUT2D eigenvalue weighted by Gasteiger charge is 2.19. The lowest BCUT2D eigenvalue weighted by molar-refractivity contribution is 0.252. The Morgan fingerprint density at radius 1 is 1.33 bits per heavy atom. The Balaban J connectivity index is 1.59. The number of rotatable bonds is 6. The fourth-order valence-corrected chi connectivity index (χ4v) is 1.63. The number of amides is 2. The molecule has 0 saturated heterocycles. The van der Waals surface area contributed by atoms with Crippen molar-refractivity contribution in [3.8, 4) is 0 Å². The van der Waals surface area contributed by atoms with Crippen molar-refractivity contribution in [3.63, 3.8) is 0 Å². The fourth-order valence-electron chi connectivity index (χ4n) is 1.63. The lowest BCUT2D eigenvalue weighted by Crippen LogP contribution is -2.31. The minimum Gasteiger partial charge on any atom is -0.338 e. The summed E-state index contributed by atoms with van der Waals surface area (Å²) in [5.74, 6) is -0.360. The molecule has 1 aromatic rings. The van der Waals surface area contributed by atoms with Crippen molar-refractivity contribution in [1.29, 1.82) is 0 Å². The summed E-state index contributed by atoms with van der Waals surface area (Å²) in [6, 6.07) is 6.24. The van der Waals surface area contributed by atoms with E-state index in [4.69, 9.17) is 0 Å². The van der Waals surface area contributed by atoms with Crippen LogP contribution in [-0.4, -0.2) is 25.2 Å². The summed E-state index contributed by atoms with van der Waals surface area (Å²) < 4.78 is 12.9. The summed E-state index contributed by atoms with van der Waals surface area (Å²) in [5.41, 5.74) is 0.462. The van der Waals surface area contributed by atoms with Crippen LogP contribution in [0.2, 0.25) is 0 Å². The van der Waals surface area contributed by atoms with E-state index in [2.05, 4.69) is 16.0 Å². The summed E-state index contributed by atoms with van der Waals surface area (Å²) in [7, 11) is 0. The van der Waals surface area contributed by atoms with Gasteiger partial charge >= 0.3 is 6.03 Å². The number of carbonyl (C=O) groups is 1. The first-order valence-electron chi connectivity index (χ1n) is 6.28. The minimum atomic E-state index is -0.360. The number of carbonyl (C=O) groups excluding carboxylic acids is 1. The monoisotopic (exact) mass is 251 g/mol. The maximum atomic E-state index is 12.9. The van der Waals surface area contributed by atoms with Crippen molar-refractivity contribution in [2.24, 2.45) is 0 Å². The van der Waals surface area contributed by atoms with E-state index in [1.54, 1.807) is 12.1 Å². The Hall–Kier alpha value is -1.62. The zero-order valence-electron chi connectivity index (χ0n) is 10.2. The summed E-state index contributed by atoms with van der Waals surface area (Å²) in [6.07, 6.45) is 3.44. The molecule has 1 saturated carbocycles. The first-order chi connectivity index (χ1) is 8.74. The Bertz CT molecular complexity index is 407. The highest BCUT2D eigenvalue weighted by molar-refractivity contribution is 5.89. The fraction of sp³-hybridized carbons (Fsp3) is 0.462. The van der Waals surface area contributed by atoms with Gasteiger partial charge in [-0.05, 0) is 44.0 Å². The molecular formula is C13H18FN3O. The van der Waals surface area contributed by atoms with Crippen molar-refractivity contribution in [1.82, 2.24) is 10.6 Å². The van der Waals surface area contributed by atoms with Gasteiger partial charge in [0.25, 0.3) is 0 Å². The van der Waals surface area contributed by atoms with Gasteiger partial charge in [-0.15, -0.1) is 0 Å². The molecule has 4 nitrogen and oxygen atoms in total. The van der Waals surface area contributed by atoms with Gasteiger partial charge in [0.05, 0.1) is 0 Å². The molecule has 0 heterocycles. The van der Waals surface area contributed by atoms with E-state index in [9.17, 15) is 9.18 Å². The van der Waals surface area contributed by atoms with E-state index in [0.717, 1.165) is 13.0 Å². The van der Waals surface area contributed by atoms with Crippen molar-refractivity contribution < 1.29 is 9.18 Å². The molecule has 18 heavy (non-hydrogen) atoms. The van der Waals surface area contributed by atoms with Gasteiger partial charge in [0.2, 0.25) is 0 Å². The largest absolute Gasteiger partial charge is 0.338 e. The molecule has 1 aliphatic carbocycles. The number of urea groups is 1. The highest BCUT2D eigenvalue weighted by Crippen LogP contribution is 2.18. The van der Waals surface area contributed by atoms with E-state index in [1.807, 2.05) is 0 Å². The van der Waals surface area contributed by atoms with Gasteiger partial charge in [-0.3, -0.25) is 0 Å². The van der Waals surface area contributed by atoms with Crippen molar-refractivity contribution in [2.45, 2.75) is 25.3 Å². The third-order valence-electron chi connectivity index (χ3n) is 2.73. The molecule has 0 atom stereocenters. The third kappa shape index (κ3) is 4.71. The molecule has 0 aliphatic heterocycles. The van der Waals surface area contributed by atoms with Crippen molar-refractivity contribution in [3.05, 3.63) is 30.1 Å². The van der Waals surface area contributed by atoms with E-state index < -0.39 is 0 Å². The Morgan fingerprint density at radius 3 is 2.89 bits per heavy atom. The van der Waals surface area contributed by atoms with Crippen LogP contribution in [0, 0.1) is 5.82 Å². The molecule has 2 rings (SSSR count). The van der Waals surface area contributed by atoms with Gasteiger partial charge in [0.1, 0.15) is 5.82 Å². The summed E-state index contributed by atoms with van der Waals surface area (Å²) in [6.45, 7) is 1.53. The standard InChI is InChI=1S/C13H18FN3O/c14-10-3-1-4-12(9-10)17-13(18)16-8-2-7-15-11-5-6-11/h1,3-4,9,11,15H,2,5-8H2,(H2,16,17,18). The Labute approximate surface area is 106 Å². The maximum Gasteiger partial charge on any atom is 0.319 e. The molecule has 0 aromatic heterocycles. The van der Waals surface area contributed by atoms with Crippen LogP contribution in [-0.2, 0) is 0 Å². The number of benzene rings is 1. The summed E-state index contributed by atoms with van der Waals surface area (Å²) >= 11 is 0. The van der Waals surface area contributed by atoms with Gasteiger partial charge in [-0.25, -0.2) is 9.18 Å². The first-order valence-corrected chi connectivity index (χ1v) is 6.28. The molecule has 3 N–H and O–H groups in total. The summed E-state index contributed by atoms with van der Waals surface area (Å²) in [5, 5.41) is 8.68. The number of hydrogen-bond donors (Lipinski definition) is 3. The lowest BCUT2D eigenvalue weighted by Gasteiger charge is -2.08. The number of hydrogen-bond acceptors (Lipinski definition) is 2. The number of halogens is 1. The Morgan fingerprint density at radius 2 is 2.17 bits per heavy atom. The molecule has 0 bridgehead atoms. The molecule has 98 valence electrons. The SMILES string of the molecule is O=C(NCCCNC1CC1)Nc1cccc(F)c1. The number of anilines is 1. The Kier molecular flexibility index (Phi) is 4.52. The normalized spacial score (nSPS) is 14.3. The van der Waals surface area contributed by atoms with Gasteiger partial charge in [-0.2, -0.15) is 0 Å². The third-order valence-corrected chi connectivity index (χ3v) is 2.73. The zero-order chi connectivity index (χ0) is 12.8. The van der Waals surface area contributed by atoms with Crippen molar-refractivity contribution >= 4 is 11.7 Å². The smallest absolute Gasteiger partial charge is 0.319 e. The quantitative estimate of drug-likeness (QED) is 0.678. The molecule has 0 spiro atoms. The van der Waals surface area contributed by atoms with Crippen LogP contribution in [0.25, 0.3) is 0 Å². The van der Waals surface area contributed by atoms with Gasteiger partial charge in [-0.1, -0.05) is 6.07 Å². The van der Waals surface area contributed by atoms with Gasteiger partial charge in [0.15, 0.2) is 0 Å². The molecule has 1 fully saturated rings. The van der Waals surface area contributed by atoms with Crippen LogP contribution in [0.5, 0.6) is 0 Å². The molecule has 0 radical (unpaired) electrons. The van der Waals surface area contributed by atoms with Crippen LogP contribution in [0.4, 0.5) is 14.9 Å². The molecule has 2 amide bonds. The van der Waals surface area contributed by atoms with E-state index >= 15 is 0 Å². The van der Waals surface area contributed by atoms with Crippen LogP contribution >= 0.6 is 0 Å². The van der Waals surface area contributed by atoms with Gasteiger partial charge < -0.3 is 16.0 Å². The van der Waals surface area contributed by atoms with E-state index in [-0.39, 0.29) is 11.8 Å². The molecule has 1 aliphatic rings. The van der Waals surface area contributed by atoms with E-state index in [1.165, 1.54) is 25.0 Å². The molecule has 5 heteroatoms. The minimum absolute atomic E-state index is 0.299. The zero-order valence-corrected chi connectivity index (χ0v) is 10.2. The van der Waals surface area contributed by atoms with E-state index in [0.29, 0.717) is 18.3 Å². The first kappa shape index (κ1) is 12.8. The second kappa shape index (κ2) is 6.35. The average molecular weight is 251 g/mol. The van der Waals surface area contributed by atoms with Crippen LogP contribution < -0.4 is 16.0 Å². The average Bonchev–Trinajstić information content (AvgIpc) is 3.12. The maximum absolute atomic E-state index is 12.9. The second-order valence-corrected chi connectivity index (χ2v) is 4.47. The number of nitrogens with one attached hydrogen (secondary N) is 3. The van der Waals surface area contributed by atoms with Crippen LogP contribution in [0.3, 0.4) is 0 Å². The highest BCUT2D eigenvalue weighted by atomic mass is 19.1. The van der Waals surface area contributed by atoms with Crippen molar-refractivity contribution in [2.75, 3.05) is 18.4 Å². The molecule has 0 unspecified atom stereocenters. The second-order valence-electron chi connectivity index (χ2n) is 4.47. The summed E-state index contributed by atoms with van der Waals surface area (Å²) in [4.78, 5) is 11.5.